The molecule has 0 unspecified atom stereocenters. The molecule has 1 fully saturated rings. The van der Waals surface area contributed by atoms with Crippen molar-refractivity contribution in [3.63, 3.8) is 0 Å². The Morgan fingerprint density at radius 3 is 3.00 bits per heavy atom. The summed E-state index contributed by atoms with van der Waals surface area (Å²) in [6.45, 7) is 1.61. The highest BCUT2D eigenvalue weighted by molar-refractivity contribution is 14.1. The van der Waals surface area contributed by atoms with E-state index in [1.165, 1.54) is 5.56 Å². The summed E-state index contributed by atoms with van der Waals surface area (Å²) in [7, 11) is 0. The minimum atomic E-state index is 0.145. The molecule has 1 saturated heterocycles. The first-order valence-electron chi connectivity index (χ1n) is 5.24. The van der Waals surface area contributed by atoms with Crippen molar-refractivity contribution in [3.8, 4) is 5.75 Å². The van der Waals surface area contributed by atoms with Gasteiger partial charge in [0, 0.05) is 9.99 Å². The van der Waals surface area contributed by atoms with Crippen molar-refractivity contribution >= 4 is 22.6 Å². The third-order valence-corrected chi connectivity index (χ3v) is 4.33. The number of ether oxygens (including phenoxy) is 2. The minimum absolute atomic E-state index is 0.145. The third-order valence-electron chi connectivity index (χ3n) is 3.35. The second-order valence-corrected chi connectivity index (χ2v) is 5.24. The number of hydrogen-bond donors (Lipinski definition) is 0. The van der Waals surface area contributed by atoms with Crippen LogP contribution in [0, 0.1) is 0 Å². The van der Waals surface area contributed by atoms with Gasteiger partial charge < -0.3 is 9.47 Å². The average Bonchev–Trinajstić information content (AvgIpc) is 2.86. The summed E-state index contributed by atoms with van der Waals surface area (Å²) in [6.07, 6.45) is 1.51. The van der Waals surface area contributed by atoms with Crippen LogP contribution in [0.4, 0.5) is 0 Å². The molecular weight excluding hydrogens is 303 g/mol. The number of benzene rings is 1. The molecule has 0 N–H and O–H groups in total. The zero-order valence-corrected chi connectivity index (χ0v) is 10.6. The molecule has 2 aliphatic rings. The van der Waals surface area contributed by atoms with Gasteiger partial charge in [-0.25, -0.2) is 0 Å². The summed E-state index contributed by atoms with van der Waals surface area (Å²) in [4.78, 5) is 0. The van der Waals surface area contributed by atoms with E-state index in [1.807, 2.05) is 6.07 Å². The first-order valence-corrected chi connectivity index (χ1v) is 6.76. The van der Waals surface area contributed by atoms with E-state index in [9.17, 15) is 0 Å². The highest BCUT2D eigenvalue weighted by atomic mass is 127. The van der Waals surface area contributed by atoms with Crippen LogP contribution in [0.5, 0.6) is 5.75 Å². The molecule has 15 heavy (non-hydrogen) atoms. The second-order valence-electron chi connectivity index (χ2n) is 4.36. The molecule has 2 heterocycles. The molecule has 80 valence electrons. The van der Waals surface area contributed by atoms with Gasteiger partial charge in [-0.1, -0.05) is 40.8 Å². The van der Waals surface area contributed by atoms with Crippen molar-refractivity contribution in [2.45, 2.75) is 17.9 Å². The van der Waals surface area contributed by atoms with E-state index in [1.54, 1.807) is 0 Å². The van der Waals surface area contributed by atoms with E-state index < -0.39 is 0 Å². The smallest absolute Gasteiger partial charge is 0.123 e. The molecule has 2 nitrogen and oxygen atoms in total. The largest absolute Gasteiger partial charge is 0.492 e. The molecule has 0 amide bonds. The van der Waals surface area contributed by atoms with Crippen molar-refractivity contribution in [2.75, 3.05) is 17.6 Å². The van der Waals surface area contributed by atoms with Crippen molar-refractivity contribution in [1.82, 2.24) is 0 Å². The summed E-state index contributed by atoms with van der Waals surface area (Å²) in [6, 6.07) is 8.36. The maximum atomic E-state index is 5.81. The molecule has 1 aromatic rings. The Kier molecular flexibility index (Phi) is 2.39. The van der Waals surface area contributed by atoms with E-state index in [-0.39, 0.29) is 5.41 Å². The summed E-state index contributed by atoms with van der Waals surface area (Å²) in [5.41, 5.74) is 1.49. The zero-order chi connectivity index (χ0) is 10.3. The van der Waals surface area contributed by atoms with Gasteiger partial charge in [-0.05, 0) is 12.5 Å². The minimum Gasteiger partial charge on any atom is -0.492 e. The van der Waals surface area contributed by atoms with Crippen LogP contribution in [0.25, 0.3) is 0 Å². The lowest BCUT2D eigenvalue weighted by Crippen LogP contribution is -2.28. The van der Waals surface area contributed by atoms with Gasteiger partial charge in [-0.2, -0.15) is 0 Å². The molecule has 0 bridgehead atoms. The van der Waals surface area contributed by atoms with Crippen LogP contribution in [0.3, 0.4) is 0 Å². The predicted molar refractivity (Wildman–Crippen MR) is 66.9 cm³/mol. The second kappa shape index (κ2) is 3.63. The first-order chi connectivity index (χ1) is 7.34. The van der Waals surface area contributed by atoms with Crippen LogP contribution in [-0.2, 0) is 10.2 Å². The van der Waals surface area contributed by atoms with Crippen LogP contribution in [-0.4, -0.2) is 23.7 Å². The number of para-hydroxylation sites is 1. The molecule has 3 heteroatoms. The molecule has 0 saturated carbocycles. The fourth-order valence-corrected chi connectivity index (χ4v) is 3.11. The van der Waals surface area contributed by atoms with E-state index in [4.69, 9.17) is 9.47 Å². The SMILES string of the molecule is IC[C@@H]1C[C@@]2(COc3ccccc32)CO1. The van der Waals surface area contributed by atoms with Crippen molar-refractivity contribution in [3.05, 3.63) is 29.8 Å². The lowest BCUT2D eigenvalue weighted by Gasteiger charge is -2.19. The Morgan fingerprint density at radius 2 is 2.20 bits per heavy atom. The molecule has 0 aliphatic carbocycles. The van der Waals surface area contributed by atoms with Crippen LogP contribution >= 0.6 is 22.6 Å². The number of alkyl halides is 1. The molecule has 2 aliphatic heterocycles. The van der Waals surface area contributed by atoms with Gasteiger partial charge in [0.1, 0.15) is 12.4 Å². The number of halogens is 1. The molecule has 2 atom stereocenters. The molecular formula is C12H13IO2. The van der Waals surface area contributed by atoms with Crippen molar-refractivity contribution in [2.24, 2.45) is 0 Å². The Balaban J connectivity index is 1.96. The van der Waals surface area contributed by atoms with Gasteiger partial charge in [-0.15, -0.1) is 0 Å². The van der Waals surface area contributed by atoms with Gasteiger partial charge in [-0.3, -0.25) is 0 Å². The topological polar surface area (TPSA) is 18.5 Å². The van der Waals surface area contributed by atoms with Gasteiger partial charge in [0.05, 0.1) is 18.1 Å². The Labute approximate surface area is 103 Å². The van der Waals surface area contributed by atoms with Gasteiger partial charge in [0.2, 0.25) is 0 Å². The summed E-state index contributed by atoms with van der Waals surface area (Å²) >= 11 is 2.39. The van der Waals surface area contributed by atoms with Crippen LogP contribution in [0.15, 0.2) is 24.3 Å². The van der Waals surface area contributed by atoms with Crippen LogP contribution in [0.1, 0.15) is 12.0 Å². The normalized spacial score (nSPS) is 33.0. The Hall–Kier alpha value is -0.290. The highest BCUT2D eigenvalue weighted by Crippen LogP contribution is 2.45. The Bertz CT molecular complexity index is 380. The fourth-order valence-electron chi connectivity index (χ4n) is 2.54. The maximum absolute atomic E-state index is 5.81. The van der Waals surface area contributed by atoms with Crippen molar-refractivity contribution in [1.29, 1.82) is 0 Å². The molecule has 0 aromatic heterocycles. The van der Waals surface area contributed by atoms with E-state index in [0.717, 1.165) is 29.8 Å². The van der Waals surface area contributed by atoms with E-state index in [2.05, 4.69) is 40.8 Å². The predicted octanol–water partition coefficient (Wildman–Crippen LogP) is 2.54. The quantitative estimate of drug-likeness (QED) is 0.586. The van der Waals surface area contributed by atoms with Gasteiger partial charge in [0.25, 0.3) is 0 Å². The maximum Gasteiger partial charge on any atom is 0.123 e. The number of hydrogen-bond acceptors (Lipinski definition) is 2. The fraction of sp³-hybridized carbons (Fsp3) is 0.500. The number of fused-ring (bicyclic) bond motifs is 2. The standard InChI is InChI=1S/C12H13IO2/c13-6-9-5-12(7-14-9)8-15-11-4-2-1-3-10(11)12/h1-4,9H,5-8H2/t9-,12-/m0/s1. The third kappa shape index (κ3) is 1.47. The van der Waals surface area contributed by atoms with Crippen LogP contribution in [0.2, 0.25) is 0 Å². The average molecular weight is 316 g/mol. The summed E-state index contributed by atoms with van der Waals surface area (Å²) < 4.78 is 12.6. The van der Waals surface area contributed by atoms with E-state index >= 15 is 0 Å². The monoisotopic (exact) mass is 316 g/mol. The molecule has 1 spiro atoms. The lowest BCUT2D eigenvalue weighted by molar-refractivity contribution is 0.117. The highest BCUT2D eigenvalue weighted by Gasteiger charge is 2.46. The molecule has 0 radical (unpaired) electrons. The lowest BCUT2D eigenvalue weighted by atomic mass is 9.81. The first kappa shape index (κ1) is 9.90. The summed E-state index contributed by atoms with van der Waals surface area (Å²) in [5.74, 6) is 1.05. The van der Waals surface area contributed by atoms with Crippen molar-refractivity contribution < 1.29 is 9.47 Å². The van der Waals surface area contributed by atoms with Crippen LogP contribution < -0.4 is 4.74 Å². The van der Waals surface area contributed by atoms with Gasteiger partial charge in [0.15, 0.2) is 0 Å². The molecule has 3 rings (SSSR count). The number of rotatable bonds is 1. The zero-order valence-electron chi connectivity index (χ0n) is 8.41. The molecule has 1 aromatic carbocycles. The Morgan fingerprint density at radius 1 is 1.33 bits per heavy atom. The summed E-state index contributed by atoms with van der Waals surface area (Å²) in [5, 5.41) is 0. The van der Waals surface area contributed by atoms with Gasteiger partial charge >= 0.3 is 0 Å². The van der Waals surface area contributed by atoms with E-state index in [0.29, 0.717) is 6.10 Å².